The second kappa shape index (κ2) is 4.18. The summed E-state index contributed by atoms with van der Waals surface area (Å²) in [5, 5.41) is 3.50. The first-order valence-corrected chi connectivity index (χ1v) is 6.31. The molecule has 4 heterocycles. The molecule has 92 valence electrons. The SMILES string of the molecule is Cc1ccc(C(=O)N2CC3CCC(C2)NC3)o1. The third-order valence-electron chi connectivity index (χ3n) is 3.78. The van der Waals surface area contributed by atoms with Gasteiger partial charge in [0.2, 0.25) is 0 Å². The predicted octanol–water partition coefficient (Wildman–Crippen LogP) is 1.41. The molecule has 2 unspecified atom stereocenters. The van der Waals surface area contributed by atoms with Crippen molar-refractivity contribution in [3.05, 3.63) is 23.7 Å². The lowest BCUT2D eigenvalue weighted by Gasteiger charge is -2.22. The van der Waals surface area contributed by atoms with Crippen molar-refractivity contribution in [3.8, 4) is 0 Å². The molecule has 0 aliphatic carbocycles. The van der Waals surface area contributed by atoms with Gasteiger partial charge in [0.05, 0.1) is 0 Å². The van der Waals surface area contributed by atoms with Gasteiger partial charge in [-0.2, -0.15) is 0 Å². The predicted molar refractivity (Wildman–Crippen MR) is 63.9 cm³/mol. The van der Waals surface area contributed by atoms with Gasteiger partial charge in [-0.1, -0.05) is 0 Å². The van der Waals surface area contributed by atoms with Gasteiger partial charge in [0, 0.05) is 19.1 Å². The highest BCUT2D eigenvalue weighted by molar-refractivity contribution is 5.91. The molecule has 3 aliphatic rings. The van der Waals surface area contributed by atoms with Gasteiger partial charge >= 0.3 is 0 Å². The van der Waals surface area contributed by atoms with Crippen molar-refractivity contribution in [3.63, 3.8) is 0 Å². The third-order valence-corrected chi connectivity index (χ3v) is 3.78. The minimum Gasteiger partial charge on any atom is -0.456 e. The van der Waals surface area contributed by atoms with Crippen molar-refractivity contribution in [2.45, 2.75) is 25.8 Å². The molecule has 0 saturated carbocycles. The molecule has 1 N–H and O–H groups in total. The van der Waals surface area contributed by atoms with Gasteiger partial charge in [0.1, 0.15) is 5.76 Å². The maximum atomic E-state index is 12.3. The molecule has 4 rings (SSSR count). The van der Waals surface area contributed by atoms with E-state index in [1.165, 1.54) is 12.8 Å². The van der Waals surface area contributed by atoms with E-state index in [1.54, 1.807) is 6.07 Å². The molecule has 3 aliphatic heterocycles. The van der Waals surface area contributed by atoms with Crippen LogP contribution in [0.25, 0.3) is 0 Å². The number of furan rings is 1. The summed E-state index contributed by atoms with van der Waals surface area (Å²) in [6.45, 7) is 4.59. The van der Waals surface area contributed by atoms with Gasteiger partial charge in [-0.15, -0.1) is 0 Å². The molecule has 1 amide bonds. The Hall–Kier alpha value is -1.29. The Kier molecular flexibility index (Phi) is 2.67. The second-order valence-corrected chi connectivity index (χ2v) is 5.17. The van der Waals surface area contributed by atoms with E-state index in [-0.39, 0.29) is 5.91 Å². The molecule has 17 heavy (non-hydrogen) atoms. The maximum Gasteiger partial charge on any atom is 0.289 e. The number of fused-ring (bicyclic) bond motifs is 4. The van der Waals surface area contributed by atoms with E-state index in [2.05, 4.69) is 5.32 Å². The van der Waals surface area contributed by atoms with Crippen LogP contribution in [-0.2, 0) is 0 Å². The number of carbonyl (C=O) groups excluding carboxylic acids is 1. The van der Waals surface area contributed by atoms with Crippen molar-refractivity contribution in [1.82, 2.24) is 10.2 Å². The largest absolute Gasteiger partial charge is 0.456 e. The lowest BCUT2D eigenvalue weighted by atomic mass is 9.97. The van der Waals surface area contributed by atoms with Crippen LogP contribution in [0.15, 0.2) is 16.5 Å². The van der Waals surface area contributed by atoms with E-state index in [1.807, 2.05) is 17.9 Å². The molecule has 1 aromatic heterocycles. The molecular weight excluding hydrogens is 216 g/mol. The van der Waals surface area contributed by atoms with Crippen LogP contribution in [0.1, 0.15) is 29.2 Å². The maximum absolute atomic E-state index is 12.3. The van der Waals surface area contributed by atoms with Gasteiger partial charge in [-0.05, 0) is 44.4 Å². The van der Waals surface area contributed by atoms with Crippen LogP contribution in [0.2, 0.25) is 0 Å². The highest BCUT2D eigenvalue weighted by Gasteiger charge is 2.32. The number of piperidine rings is 1. The molecule has 0 radical (unpaired) electrons. The van der Waals surface area contributed by atoms with Crippen molar-refractivity contribution < 1.29 is 9.21 Å². The number of carbonyl (C=O) groups is 1. The van der Waals surface area contributed by atoms with Gasteiger partial charge in [-0.25, -0.2) is 0 Å². The van der Waals surface area contributed by atoms with E-state index < -0.39 is 0 Å². The second-order valence-electron chi connectivity index (χ2n) is 5.17. The molecule has 3 fully saturated rings. The first-order chi connectivity index (χ1) is 8.22. The van der Waals surface area contributed by atoms with E-state index in [0.29, 0.717) is 17.7 Å². The minimum absolute atomic E-state index is 0.0405. The first kappa shape index (κ1) is 10.8. The highest BCUT2D eigenvalue weighted by Crippen LogP contribution is 2.23. The Morgan fingerprint density at radius 2 is 2.29 bits per heavy atom. The summed E-state index contributed by atoms with van der Waals surface area (Å²) < 4.78 is 5.42. The van der Waals surface area contributed by atoms with Gasteiger partial charge in [0.25, 0.3) is 5.91 Å². The van der Waals surface area contributed by atoms with Crippen molar-refractivity contribution in [2.24, 2.45) is 5.92 Å². The number of amides is 1. The molecule has 2 bridgehead atoms. The molecule has 2 atom stereocenters. The zero-order valence-corrected chi connectivity index (χ0v) is 10.1. The zero-order chi connectivity index (χ0) is 11.8. The van der Waals surface area contributed by atoms with Crippen LogP contribution in [-0.4, -0.2) is 36.5 Å². The van der Waals surface area contributed by atoms with Crippen molar-refractivity contribution in [1.29, 1.82) is 0 Å². The lowest BCUT2D eigenvalue weighted by molar-refractivity contribution is 0.0715. The summed E-state index contributed by atoms with van der Waals surface area (Å²) in [4.78, 5) is 14.2. The fourth-order valence-corrected chi connectivity index (χ4v) is 2.81. The van der Waals surface area contributed by atoms with Crippen LogP contribution in [0.5, 0.6) is 0 Å². The fourth-order valence-electron chi connectivity index (χ4n) is 2.81. The summed E-state index contributed by atoms with van der Waals surface area (Å²) in [5.74, 6) is 1.92. The van der Waals surface area contributed by atoms with Gasteiger partial charge in [0.15, 0.2) is 5.76 Å². The average molecular weight is 234 g/mol. The van der Waals surface area contributed by atoms with Crippen LogP contribution in [0.4, 0.5) is 0 Å². The summed E-state index contributed by atoms with van der Waals surface area (Å²) in [5.41, 5.74) is 0. The van der Waals surface area contributed by atoms with Crippen molar-refractivity contribution >= 4 is 5.91 Å². The van der Waals surface area contributed by atoms with Crippen molar-refractivity contribution in [2.75, 3.05) is 19.6 Å². The van der Waals surface area contributed by atoms with Crippen LogP contribution in [0, 0.1) is 12.8 Å². The summed E-state index contributed by atoms with van der Waals surface area (Å²) in [6, 6.07) is 4.09. The minimum atomic E-state index is 0.0405. The Labute approximate surface area is 101 Å². The Bertz CT molecular complexity index is 405. The topological polar surface area (TPSA) is 45.5 Å². The summed E-state index contributed by atoms with van der Waals surface area (Å²) >= 11 is 0. The van der Waals surface area contributed by atoms with Crippen LogP contribution < -0.4 is 5.32 Å². The number of aryl methyl sites for hydroxylation is 1. The summed E-state index contributed by atoms with van der Waals surface area (Å²) in [6.07, 6.45) is 2.42. The van der Waals surface area contributed by atoms with E-state index >= 15 is 0 Å². The zero-order valence-electron chi connectivity index (χ0n) is 10.1. The monoisotopic (exact) mass is 234 g/mol. The summed E-state index contributed by atoms with van der Waals surface area (Å²) in [7, 11) is 0. The number of nitrogens with zero attached hydrogens (tertiary/aromatic N) is 1. The molecule has 1 aromatic rings. The normalized spacial score (nSPS) is 28.2. The lowest BCUT2D eigenvalue weighted by Crippen LogP contribution is -2.40. The number of nitrogens with one attached hydrogen (secondary N) is 1. The molecule has 0 spiro atoms. The molecular formula is C13H18N2O2. The fraction of sp³-hybridized carbons (Fsp3) is 0.615. The highest BCUT2D eigenvalue weighted by atomic mass is 16.3. The molecule has 4 heteroatoms. The standard InChI is InChI=1S/C13H18N2O2/c1-9-2-5-12(17-9)13(16)15-7-10-3-4-11(8-15)14-6-10/h2,5,10-11,14H,3-4,6-8H2,1H3. The Morgan fingerprint density at radius 1 is 1.41 bits per heavy atom. The number of hydrogen-bond donors (Lipinski definition) is 1. The van der Waals surface area contributed by atoms with E-state index in [0.717, 1.165) is 25.4 Å². The number of hydrogen-bond acceptors (Lipinski definition) is 3. The molecule has 3 saturated heterocycles. The first-order valence-electron chi connectivity index (χ1n) is 6.31. The van der Waals surface area contributed by atoms with E-state index in [9.17, 15) is 4.79 Å². The quantitative estimate of drug-likeness (QED) is 0.799. The molecule has 0 aromatic carbocycles. The molecule has 4 nitrogen and oxygen atoms in total. The van der Waals surface area contributed by atoms with Crippen LogP contribution in [0.3, 0.4) is 0 Å². The smallest absolute Gasteiger partial charge is 0.289 e. The Balaban J connectivity index is 1.78. The van der Waals surface area contributed by atoms with Gasteiger partial charge < -0.3 is 14.6 Å². The van der Waals surface area contributed by atoms with Gasteiger partial charge in [-0.3, -0.25) is 4.79 Å². The number of rotatable bonds is 1. The Morgan fingerprint density at radius 3 is 2.94 bits per heavy atom. The average Bonchev–Trinajstić information content (AvgIpc) is 2.58. The van der Waals surface area contributed by atoms with E-state index in [4.69, 9.17) is 4.42 Å². The third kappa shape index (κ3) is 2.09. The van der Waals surface area contributed by atoms with Crippen LogP contribution >= 0.6 is 0 Å².